The summed E-state index contributed by atoms with van der Waals surface area (Å²) in [4.78, 5) is 15.1. The van der Waals surface area contributed by atoms with Gasteiger partial charge in [-0.1, -0.05) is 19.3 Å². The molecule has 3 rings (SSSR count). The van der Waals surface area contributed by atoms with Gasteiger partial charge in [-0.3, -0.25) is 4.79 Å². The zero-order valence-corrected chi connectivity index (χ0v) is 14.6. The van der Waals surface area contributed by atoms with Crippen molar-refractivity contribution in [3.05, 3.63) is 24.0 Å². The van der Waals surface area contributed by atoms with E-state index in [0.717, 1.165) is 24.8 Å². The van der Waals surface area contributed by atoms with E-state index < -0.39 is 0 Å². The van der Waals surface area contributed by atoms with Gasteiger partial charge in [0, 0.05) is 31.4 Å². The third kappa shape index (κ3) is 3.97. The largest absolute Gasteiger partial charge is 0.350 e. The number of hydrogen-bond donors (Lipinski definition) is 1. The van der Waals surface area contributed by atoms with Crippen LogP contribution in [0.4, 0.5) is 0 Å². The molecular formula is C19H31N3O. The molecule has 0 radical (unpaired) electrons. The fourth-order valence-electron chi connectivity index (χ4n) is 4.17. The van der Waals surface area contributed by atoms with Crippen molar-refractivity contribution in [2.75, 3.05) is 19.6 Å². The van der Waals surface area contributed by atoms with E-state index in [1.54, 1.807) is 0 Å². The van der Waals surface area contributed by atoms with Crippen LogP contribution in [0.1, 0.15) is 68.9 Å². The van der Waals surface area contributed by atoms with Crippen LogP contribution >= 0.6 is 0 Å². The van der Waals surface area contributed by atoms with Gasteiger partial charge in [-0.05, 0) is 57.7 Å². The molecule has 4 nitrogen and oxygen atoms in total. The van der Waals surface area contributed by atoms with Crippen LogP contribution in [0.3, 0.4) is 0 Å². The number of nitrogens with zero attached hydrogens (tertiary/aromatic N) is 2. The fourth-order valence-corrected chi connectivity index (χ4v) is 4.17. The number of carbonyl (C=O) groups excluding carboxylic acids is 1. The monoisotopic (exact) mass is 317 g/mol. The molecule has 1 saturated carbocycles. The molecule has 1 aromatic rings. The molecular weight excluding hydrogens is 286 g/mol. The number of rotatable bonds is 5. The Hall–Kier alpha value is -1.29. The van der Waals surface area contributed by atoms with Crippen molar-refractivity contribution < 1.29 is 4.79 Å². The molecule has 0 bridgehead atoms. The van der Waals surface area contributed by atoms with Gasteiger partial charge in [0.1, 0.15) is 5.69 Å². The van der Waals surface area contributed by atoms with E-state index >= 15 is 0 Å². The number of hydrogen-bond acceptors (Lipinski definition) is 2. The van der Waals surface area contributed by atoms with Crippen molar-refractivity contribution in [2.45, 2.75) is 64.5 Å². The van der Waals surface area contributed by atoms with E-state index in [-0.39, 0.29) is 5.91 Å². The number of nitrogens with one attached hydrogen (secondary N) is 1. The zero-order valence-electron chi connectivity index (χ0n) is 14.6. The van der Waals surface area contributed by atoms with Crippen LogP contribution in [0.15, 0.2) is 18.3 Å². The minimum Gasteiger partial charge on any atom is -0.350 e. The first-order chi connectivity index (χ1) is 11.1. The highest BCUT2D eigenvalue weighted by Crippen LogP contribution is 2.27. The van der Waals surface area contributed by atoms with Gasteiger partial charge in [0.05, 0.1) is 0 Å². The van der Waals surface area contributed by atoms with Crippen LogP contribution in [0, 0.1) is 5.92 Å². The van der Waals surface area contributed by atoms with Crippen molar-refractivity contribution in [3.8, 4) is 0 Å². The van der Waals surface area contributed by atoms with Crippen LogP contribution in [-0.2, 0) is 0 Å². The molecule has 0 unspecified atom stereocenters. The lowest BCUT2D eigenvalue weighted by molar-refractivity contribution is 0.0935. The summed E-state index contributed by atoms with van der Waals surface area (Å²) in [5.74, 6) is 0.683. The quantitative estimate of drug-likeness (QED) is 0.903. The highest BCUT2D eigenvalue weighted by molar-refractivity contribution is 5.92. The summed E-state index contributed by atoms with van der Waals surface area (Å²) in [6.45, 7) is 7.40. The van der Waals surface area contributed by atoms with Gasteiger partial charge < -0.3 is 14.8 Å². The SMILES string of the molecule is CC(C)n1cccc1C(=O)NC[C@@H]1CCN(C2CCCCC2)C1. The summed E-state index contributed by atoms with van der Waals surface area (Å²) in [5, 5.41) is 3.16. The molecule has 4 heteroatoms. The first kappa shape index (κ1) is 16.6. The van der Waals surface area contributed by atoms with E-state index in [9.17, 15) is 4.79 Å². The Labute approximate surface area is 140 Å². The second kappa shape index (κ2) is 7.52. The van der Waals surface area contributed by atoms with Crippen molar-refractivity contribution in [2.24, 2.45) is 5.92 Å². The van der Waals surface area contributed by atoms with Crippen LogP contribution in [-0.4, -0.2) is 41.1 Å². The summed E-state index contributed by atoms with van der Waals surface area (Å²) in [7, 11) is 0. The maximum Gasteiger partial charge on any atom is 0.267 e. The summed E-state index contributed by atoms with van der Waals surface area (Å²) in [5.41, 5.74) is 0.780. The summed E-state index contributed by atoms with van der Waals surface area (Å²) >= 11 is 0. The highest BCUT2D eigenvalue weighted by Gasteiger charge is 2.29. The van der Waals surface area contributed by atoms with Gasteiger partial charge in [0.25, 0.3) is 5.91 Å². The Bertz CT molecular complexity index is 516. The van der Waals surface area contributed by atoms with Crippen LogP contribution in [0.25, 0.3) is 0 Å². The molecule has 0 spiro atoms. The van der Waals surface area contributed by atoms with E-state index in [1.165, 1.54) is 45.1 Å². The molecule has 128 valence electrons. The smallest absolute Gasteiger partial charge is 0.267 e. The second-order valence-electron chi connectivity index (χ2n) is 7.55. The number of likely N-dealkylation sites (tertiary alicyclic amines) is 1. The van der Waals surface area contributed by atoms with Crippen molar-refractivity contribution >= 4 is 5.91 Å². The third-order valence-corrected chi connectivity index (χ3v) is 5.53. The van der Waals surface area contributed by atoms with Gasteiger partial charge >= 0.3 is 0 Å². The maximum atomic E-state index is 12.4. The molecule has 2 fully saturated rings. The summed E-state index contributed by atoms with van der Waals surface area (Å²) in [6.07, 6.45) is 10.2. The van der Waals surface area contributed by atoms with E-state index in [1.807, 2.05) is 22.9 Å². The molecule has 1 amide bonds. The van der Waals surface area contributed by atoms with Gasteiger partial charge in [0.2, 0.25) is 0 Å². The average molecular weight is 317 g/mol. The van der Waals surface area contributed by atoms with Gasteiger partial charge in [0.15, 0.2) is 0 Å². The molecule has 2 heterocycles. The van der Waals surface area contributed by atoms with Crippen LogP contribution in [0.5, 0.6) is 0 Å². The topological polar surface area (TPSA) is 37.3 Å². The number of amides is 1. The Balaban J connectivity index is 1.47. The predicted octanol–water partition coefficient (Wildman–Crippen LogP) is 3.45. The van der Waals surface area contributed by atoms with Gasteiger partial charge in [-0.25, -0.2) is 0 Å². The molecule has 1 aromatic heterocycles. The van der Waals surface area contributed by atoms with Gasteiger partial charge in [-0.2, -0.15) is 0 Å². The number of aromatic nitrogens is 1. The molecule has 1 saturated heterocycles. The molecule has 2 aliphatic rings. The van der Waals surface area contributed by atoms with Crippen LogP contribution < -0.4 is 5.32 Å². The van der Waals surface area contributed by atoms with Gasteiger partial charge in [-0.15, -0.1) is 0 Å². The number of carbonyl (C=O) groups is 1. The maximum absolute atomic E-state index is 12.4. The average Bonchev–Trinajstić information content (AvgIpc) is 3.23. The van der Waals surface area contributed by atoms with Crippen molar-refractivity contribution in [3.63, 3.8) is 0 Å². The molecule has 1 atom stereocenters. The highest BCUT2D eigenvalue weighted by atomic mass is 16.1. The molecule has 23 heavy (non-hydrogen) atoms. The first-order valence-corrected chi connectivity index (χ1v) is 9.34. The predicted molar refractivity (Wildman–Crippen MR) is 93.7 cm³/mol. The zero-order chi connectivity index (χ0) is 16.2. The minimum atomic E-state index is 0.0693. The normalized spacial score (nSPS) is 23.5. The molecule has 0 aromatic carbocycles. The first-order valence-electron chi connectivity index (χ1n) is 9.34. The third-order valence-electron chi connectivity index (χ3n) is 5.53. The van der Waals surface area contributed by atoms with Crippen molar-refractivity contribution in [1.29, 1.82) is 0 Å². The van der Waals surface area contributed by atoms with E-state index in [0.29, 0.717) is 12.0 Å². The minimum absolute atomic E-state index is 0.0693. The lowest BCUT2D eigenvalue weighted by Crippen LogP contribution is -2.36. The summed E-state index contributed by atoms with van der Waals surface area (Å²) in [6, 6.07) is 5.00. The lowest BCUT2D eigenvalue weighted by Gasteiger charge is -2.31. The Morgan fingerprint density at radius 1 is 1.26 bits per heavy atom. The standard InChI is InChI=1S/C19H31N3O/c1-15(2)22-11-6-9-18(22)19(23)20-13-16-10-12-21(14-16)17-7-4-3-5-8-17/h6,9,11,15-17H,3-5,7-8,10,12-14H2,1-2H3,(H,20,23)/t16-/m0/s1. The molecule has 1 N–H and O–H groups in total. The summed E-state index contributed by atoms with van der Waals surface area (Å²) < 4.78 is 2.04. The van der Waals surface area contributed by atoms with Crippen molar-refractivity contribution in [1.82, 2.24) is 14.8 Å². The lowest BCUT2D eigenvalue weighted by atomic mass is 9.94. The Morgan fingerprint density at radius 2 is 2.04 bits per heavy atom. The fraction of sp³-hybridized carbons (Fsp3) is 0.737. The molecule has 1 aliphatic heterocycles. The van der Waals surface area contributed by atoms with E-state index in [4.69, 9.17) is 0 Å². The van der Waals surface area contributed by atoms with E-state index in [2.05, 4.69) is 24.1 Å². The van der Waals surface area contributed by atoms with Crippen LogP contribution in [0.2, 0.25) is 0 Å². The Morgan fingerprint density at radius 3 is 2.78 bits per heavy atom. The Kier molecular flexibility index (Phi) is 5.42. The molecule has 1 aliphatic carbocycles. The second-order valence-corrected chi connectivity index (χ2v) is 7.55.